The maximum absolute atomic E-state index is 13.4. The van der Waals surface area contributed by atoms with Gasteiger partial charge >= 0.3 is 0 Å². The van der Waals surface area contributed by atoms with Gasteiger partial charge in [-0.25, -0.2) is 4.68 Å². The molecule has 1 atom stereocenters. The van der Waals surface area contributed by atoms with Gasteiger partial charge in [0.25, 0.3) is 11.8 Å². The van der Waals surface area contributed by atoms with Gasteiger partial charge in [0, 0.05) is 24.2 Å². The topological polar surface area (TPSA) is 58.4 Å². The molecule has 5 rings (SSSR count). The van der Waals surface area contributed by atoms with E-state index in [1.54, 1.807) is 9.58 Å². The van der Waals surface area contributed by atoms with E-state index < -0.39 is 0 Å². The summed E-state index contributed by atoms with van der Waals surface area (Å²) in [7, 11) is 0. The Hall–Kier alpha value is -3.41. The Bertz CT molecular complexity index is 1080. The third kappa shape index (κ3) is 2.67. The Balaban J connectivity index is 1.38. The number of benzene rings is 2. The predicted molar refractivity (Wildman–Crippen MR) is 109 cm³/mol. The maximum Gasteiger partial charge on any atom is 0.273 e. The van der Waals surface area contributed by atoms with Crippen molar-refractivity contribution in [2.45, 2.75) is 25.9 Å². The minimum absolute atomic E-state index is 0.00577. The first-order chi connectivity index (χ1) is 14.1. The smallest absolute Gasteiger partial charge is 0.273 e. The summed E-state index contributed by atoms with van der Waals surface area (Å²) >= 11 is 0. The molecule has 2 aliphatic heterocycles. The SMILES string of the molecule is Cc1nn(-c2ccccc2)c2c1C(C)N(C1CN(C(=O)c3ccccc3)C1)C2=O. The van der Waals surface area contributed by atoms with E-state index in [0.29, 0.717) is 24.3 Å². The van der Waals surface area contributed by atoms with Crippen LogP contribution in [0.4, 0.5) is 0 Å². The summed E-state index contributed by atoms with van der Waals surface area (Å²) < 4.78 is 1.76. The molecular formula is C23H22N4O2. The number of hydrogen-bond acceptors (Lipinski definition) is 3. The molecule has 146 valence electrons. The minimum Gasteiger partial charge on any atom is -0.334 e. The molecule has 29 heavy (non-hydrogen) atoms. The monoisotopic (exact) mass is 386 g/mol. The summed E-state index contributed by atoms with van der Waals surface area (Å²) in [4.78, 5) is 29.7. The summed E-state index contributed by atoms with van der Waals surface area (Å²) in [5, 5.41) is 4.63. The van der Waals surface area contributed by atoms with Gasteiger partial charge in [-0.15, -0.1) is 0 Å². The van der Waals surface area contributed by atoms with Gasteiger partial charge in [-0.1, -0.05) is 36.4 Å². The second kappa shape index (κ2) is 6.58. The van der Waals surface area contributed by atoms with Crippen LogP contribution in [0.2, 0.25) is 0 Å². The van der Waals surface area contributed by atoms with Crippen LogP contribution in [-0.2, 0) is 0 Å². The molecule has 2 aliphatic rings. The van der Waals surface area contributed by atoms with Crippen molar-refractivity contribution >= 4 is 11.8 Å². The number of hydrogen-bond donors (Lipinski definition) is 0. The molecule has 1 saturated heterocycles. The molecule has 0 aliphatic carbocycles. The molecule has 2 aromatic carbocycles. The van der Waals surface area contributed by atoms with E-state index in [0.717, 1.165) is 16.9 Å². The first-order valence-electron chi connectivity index (χ1n) is 9.88. The number of nitrogens with zero attached hydrogens (tertiary/aromatic N) is 4. The van der Waals surface area contributed by atoms with Crippen LogP contribution in [0.15, 0.2) is 60.7 Å². The second-order valence-electron chi connectivity index (χ2n) is 7.71. The second-order valence-corrected chi connectivity index (χ2v) is 7.71. The highest BCUT2D eigenvalue weighted by atomic mass is 16.2. The van der Waals surface area contributed by atoms with Crippen LogP contribution in [-0.4, -0.2) is 50.5 Å². The van der Waals surface area contributed by atoms with Crippen molar-refractivity contribution in [3.8, 4) is 5.69 Å². The van der Waals surface area contributed by atoms with Crippen LogP contribution < -0.4 is 0 Å². The molecule has 6 nitrogen and oxygen atoms in total. The van der Waals surface area contributed by atoms with Crippen molar-refractivity contribution < 1.29 is 9.59 Å². The number of rotatable bonds is 3. The van der Waals surface area contributed by atoms with E-state index >= 15 is 0 Å². The number of aromatic nitrogens is 2. The van der Waals surface area contributed by atoms with Crippen LogP contribution in [0, 0.1) is 6.92 Å². The molecule has 1 aromatic heterocycles. The zero-order chi connectivity index (χ0) is 20.1. The Morgan fingerprint density at radius 2 is 1.62 bits per heavy atom. The van der Waals surface area contributed by atoms with E-state index in [-0.39, 0.29) is 23.9 Å². The van der Waals surface area contributed by atoms with Gasteiger partial charge in [0.1, 0.15) is 5.69 Å². The number of likely N-dealkylation sites (tertiary alicyclic amines) is 1. The number of para-hydroxylation sites is 1. The largest absolute Gasteiger partial charge is 0.334 e. The predicted octanol–water partition coefficient (Wildman–Crippen LogP) is 3.22. The summed E-state index contributed by atoms with van der Waals surface area (Å²) in [6.07, 6.45) is 0. The van der Waals surface area contributed by atoms with Crippen LogP contribution in [0.1, 0.15) is 45.1 Å². The lowest BCUT2D eigenvalue weighted by Crippen LogP contribution is -2.61. The first-order valence-corrected chi connectivity index (χ1v) is 9.88. The molecule has 2 amide bonds. The van der Waals surface area contributed by atoms with Gasteiger partial charge in [0.15, 0.2) is 0 Å². The molecule has 3 heterocycles. The minimum atomic E-state index is -0.0473. The lowest BCUT2D eigenvalue weighted by atomic mass is 10.0. The number of aryl methyl sites for hydroxylation is 1. The Kier molecular flexibility index (Phi) is 4.01. The van der Waals surface area contributed by atoms with Crippen molar-refractivity contribution in [2.75, 3.05) is 13.1 Å². The third-order valence-electron chi connectivity index (χ3n) is 5.94. The number of carbonyl (C=O) groups excluding carboxylic acids is 2. The summed E-state index contributed by atoms with van der Waals surface area (Å²) in [6.45, 7) is 5.13. The zero-order valence-electron chi connectivity index (χ0n) is 16.4. The molecule has 0 radical (unpaired) electrons. The van der Waals surface area contributed by atoms with Crippen molar-refractivity contribution in [2.24, 2.45) is 0 Å². The maximum atomic E-state index is 13.4. The summed E-state index contributed by atoms with van der Waals surface area (Å²) in [6, 6.07) is 19.0. The van der Waals surface area contributed by atoms with Gasteiger partial charge in [-0.3, -0.25) is 9.59 Å². The van der Waals surface area contributed by atoms with Gasteiger partial charge in [-0.2, -0.15) is 5.10 Å². The quantitative estimate of drug-likeness (QED) is 0.694. The summed E-state index contributed by atoms with van der Waals surface area (Å²) in [5.41, 5.74) is 4.09. The normalized spacial score (nSPS) is 18.7. The van der Waals surface area contributed by atoms with Gasteiger partial charge < -0.3 is 9.80 Å². The fourth-order valence-electron chi connectivity index (χ4n) is 4.48. The molecule has 3 aromatic rings. The molecule has 6 heteroatoms. The van der Waals surface area contributed by atoms with Gasteiger partial charge in [-0.05, 0) is 38.1 Å². The third-order valence-corrected chi connectivity index (χ3v) is 5.94. The van der Waals surface area contributed by atoms with E-state index in [4.69, 9.17) is 0 Å². The molecule has 0 spiro atoms. The molecule has 0 saturated carbocycles. The fraction of sp³-hybridized carbons (Fsp3) is 0.261. The molecular weight excluding hydrogens is 364 g/mol. The Morgan fingerprint density at radius 3 is 2.28 bits per heavy atom. The van der Waals surface area contributed by atoms with Gasteiger partial charge in [0.05, 0.1) is 23.5 Å². The Labute approximate surface area is 169 Å². The molecule has 1 unspecified atom stereocenters. The number of fused-ring (bicyclic) bond motifs is 1. The zero-order valence-corrected chi connectivity index (χ0v) is 16.4. The first kappa shape index (κ1) is 17.7. The van der Waals surface area contributed by atoms with Crippen molar-refractivity contribution in [3.63, 3.8) is 0 Å². The van der Waals surface area contributed by atoms with E-state index in [1.807, 2.05) is 72.5 Å². The van der Waals surface area contributed by atoms with Crippen molar-refractivity contribution in [3.05, 3.63) is 83.2 Å². The fourth-order valence-corrected chi connectivity index (χ4v) is 4.48. The molecule has 1 fully saturated rings. The van der Waals surface area contributed by atoms with E-state index in [9.17, 15) is 9.59 Å². The van der Waals surface area contributed by atoms with Crippen LogP contribution >= 0.6 is 0 Å². The number of carbonyl (C=O) groups is 2. The van der Waals surface area contributed by atoms with Gasteiger partial charge in [0.2, 0.25) is 0 Å². The lowest BCUT2D eigenvalue weighted by molar-refractivity contribution is 0.0164. The Morgan fingerprint density at radius 1 is 1.00 bits per heavy atom. The highest BCUT2D eigenvalue weighted by molar-refractivity contribution is 5.99. The highest BCUT2D eigenvalue weighted by Crippen LogP contribution is 2.39. The van der Waals surface area contributed by atoms with Crippen LogP contribution in [0.3, 0.4) is 0 Å². The van der Waals surface area contributed by atoms with Crippen LogP contribution in [0.25, 0.3) is 5.69 Å². The standard InChI is InChI=1S/C23H22N4O2/c1-15-20-16(2)26(19-13-25(14-19)22(28)17-9-5-3-6-10-17)23(29)21(20)27(24-15)18-11-7-4-8-12-18/h3-12,16,19H,13-14H2,1-2H3. The van der Waals surface area contributed by atoms with Crippen LogP contribution in [0.5, 0.6) is 0 Å². The average molecular weight is 386 g/mol. The van der Waals surface area contributed by atoms with Crippen molar-refractivity contribution in [1.29, 1.82) is 0 Å². The highest BCUT2D eigenvalue weighted by Gasteiger charge is 2.47. The van der Waals surface area contributed by atoms with Crippen molar-refractivity contribution in [1.82, 2.24) is 19.6 Å². The lowest BCUT2D eigenvalue weighted by Gasteiger charge is -2.45. The number of amides is 2. The summed E-state index contributed by atoms with van der Waals surface area (Å²) in [5.74, 6) is 0.0130. The molecule has 0 bridgehead atoms. The molecule has 0 N–H and O–H groups in total. The average Bonchev–Trinajstić information content (AvgIpc) is 3.19. The van der Waals surface area contributed by atoms with E-state index in [2.05, 4.69) is 12.0 Å². The van der Waals surface area contributed by atoms with E-state index in [1.165, 1.54) is 0 Å².